The summed E-state index contributed by atoms with van der Waals surface area (Å²) < 4.78 is 11.5. The van der Waals surface area contributed by atoms with Crippen LogP contribution in [-0.2, 0) is 16.0 Å². The van der Waals surface area contributed by atoms with E-state index >= 15 is 0 Å². The number of nitrogens with one attached hydrogen (secondary N) is 1. The average molecular weight is 357 g/mol. The van der Waals surface area contributed by atoms with Crippen LogP contribution >= 0.6 is 0 Å². The van der Waals surface area contributed by atoms with Crippen LogP contribution in [0.5, 0.6) is 5.75 Å². The molecule has 2 heterocycles. The number of aryl methyl sites for hydroxylation is 1. The van der Waals surface area contributed by atoms with Gasteiger partial charge in [0, 0.05) is 0 Å². The Bertz CT molecular complexity index is 649. The summed E-state index contributed by atoms with van der Waals surface area (Å²) in [6.45, 7) is 4.22. The fraction of sp³-hybridized carbons (Fsp3) is 0.682. The van der Waals surface area contributed by atoms with E-state index < -0.39 is 0 Å². The van der Waals surface area contributed by atoms with Gasteiger partial charge in [-0.1, -0.05) is 19.1 Å². The maximum atomic E-state index is 12.1. The maximum Gasteiger partial charge on any atom is 0.309 e. The molecule has 1 N–H and O–H groups in total. The third kappa shape index (κ3) is 3.62. The average Bonchev–Trinajstić information content (AvgIpc) is 3.52. The van der Waals surface area contributed by atoms with E-state index in [0.717, 1.165) is 31.7 Å². The molecule has 0 aromatic heterocycles. The monoisotopic (exact) mass is 357 g/mol. The molecule has 0 spiro atoms. The zero-order valence-corrected chi connectivity index (χ0v) is 16.0. The maximum absolute atomic E-state index is 12.1. The molecule has 142 valence electrons. The summed E-state index contributed by atoms with van der Waals surface area (Å²) in [6, 6.07) is 6.67. The van der Waals surface area contributed by atoms with Crippen LogP contribution in [0.25, 0.3) is 0 Å². The highest BCUT2D eigenvalue weighted by Gasteiger charge is 2.39. The van der Waals surface area contributed by atoms with Crippen molar-refractivity contribution in [1.29, 1.82) is 0 Å². The van der Waals surface area contributed by atoms with E-state index in [-0.39, 0.29) is 17.8 Å². The van der Waals surface area contributed by atoms with Crippen LogP contribution in [0.1, 0.15) is 56.1 Å². The van der Waals surface area contributed by atoms with Gasteiger partial charge in [-0.3, -0.25) is 4.79 Å². The van der Waals surface area contributed by atoms with Crippen LogP contribution < -0.4 is 10.1 Å². The smallest absolute Gasteiger partial charge is 0.309 e. The van der Waals surface area contributed by atoms with Crippen molar-refractivity contribution in [1.82, 2.24) is 5.32 Å². The van der Waals surface area contributed by atoms with Gasteiger partial charge in [-0.15, -0.1) is 0 Å². The summed E-state index contributed by atoms with van der Waals surface area (Å²) in [4.78, 5) is 12.1. The van der Waals surface area contributed by atoms with Gasteiger partial charge in [0.05, 0.1) is 13.0 Å². The van der Waals surface area contributed by atoms with Gasteiger partial charge in [-0.2, -0.15) is 0 Å². The quantitative estimate of drug-likeness (QED) is 0.817. The minimum Gasteiger partial charge on any atom is -0.490 e. The summed E-state index contributed by atoms with van der Waals surface area (Å²) in [5.41, 5.74) is 2.56. The minimum atomic E-state index is -0.104. The molecule has 3 atom stereocenters. The Morgan fingerprint density at radius 2 is 1.96 bits per heavy atom. The molecule has 3 aliphatic rings. The molecule has 1 aliphatic carbocycles. The van der Waals surface area contributed by atoms with Gasteiger partial charge in [-0.05, 0) is 86.6 Å². The van der Waals surface area contributed by atoms with E-state index in [4.69, 9.17) is 9.47 Å². The lowest BCUT2D eigenvalue weighted by molar-refractivity contribution is -0.145. The Kier molecular flexibility index (Phi) is 5.21. The largest absolute Gasteiger partial charge is 0.490 e. The second-order valence-electron chi connectivity index (χ2n) is 8.32. The third-order valence-corrected chi connectivity index (χ3v) is 6.60. The number of carbonyl (C=O) groups excluding carboxylic acids is 1. The van der Waals surface area contributed by atoms with E-state index in [9.17, 15) is 4.79 Å². The molecule has 2 fully saturated rings. The standard InChI is InChI=1S/C22H31NO3/c1-14(22(24)25-2)21(17-4-5-17)18-6-3-15-7-8-19(26-20(15)13-18)16-9-11-23-12-10-16/h3,6,13-14,16-17,19,21,23H,4-5,7-12H2,1-2H3/t14-,19+,21-/m0/s1. The summed E-state index contributed by atoms with van der Waals surface area (Å²) in [6.07, 6.45) is 7.42. The van der Waals surface area contributed by atoms with Gasteiger partial charge in [0.1, 0.15) is 11.9 Å². The summed E-state index contributed by atoms with van der Waals surface area (Å²) >= 11 is 0. The van der Waals surface area contributed by atoms with Crippen molar-refractivity contribution in [3.05, 3.63) is 29.3 Å². The number of carbonyl (C=O) groups is 1. The Balaban J connectivity index is 1.55. The van der Waals surface area contributed by atoms with E-state index in [0.29, 0.717) is 17.9 Å². The highest BCUT2D eigenvalue weighted by molar-refractivity contribution is 5.73. The van der Waals surface area contributed by atoms with Crippen molar-refractivity contribution in [3.63, 3.8) is 0 Å². The van der Waals surface area contributed by atoms with Crippen molar-refractivity contribution in [2.75, 3.05) is 20.2 Å². The Labute approximate surface area is 156 Å². The van der Waals surface area contributed by atoms with Crippen LogP contribution in [0, 0.1) is 17.8 Å². The number of piperidine rings is 1. The van der Waals surface area contributed by atoms with E-state index in [1.165, 1.54) is 43.9 Å². The highest BCUT2D eigenvalue weighted by Crippen LogP contribution is 2.48. The molecule has 4 nitrogen and oxygen atoms in total. The molecule has 26 heavy (non-hydrogen) atoms. The van der Waals surface area contributed by atoms with Crippen LogP contribution in [0.3, 0.4) is 0 Å². The number of methoxy groups -OCH3 is 1. The van der Waals surface area contributed by atoms with Crippen molar-refractivity contribution in [2.45, 2.75) is 57.5 Å². The van der Waals surface area contributed by atoms with Gasteiger partial charge >= 0.3 is 5.97 Å². The van der Waals surface area contributed by atoms with E-state index in [1.54, 1.807) is 0 Å². The van der Waals surface area contributed by atoms with Crippen molar-refractivity contribution >= 4 is 5.97 Å². The lowest BCUT2D eigenvalue weighted by Gasteiger charge is -2.35. The van der Waals surface area contributed by atoms with E-state index in [1.807, 2.05) is 6.92 Å². The zero-order valence-electron chi connectivity index (χ0n) is 16.0. The second-order valence-corrected chi connectivity index (χ2v) is 8.32. The Morgan fingerprint density at radius 3 is 2.65 bits per heavy atom. The molecule has 1 saturated heterocycles. The van der Waals surface area contributed by atoms with Gasteiger partial charge in [-0.25, -0.2) is 0 Å². The first-order valence-corrected chi connectivity index (χ1v) is 10.3. The normalized spacial score (nSPS) is 25.7. The lowest BCUT2D eigenvalue weighted by atomic mass is 9.82. The SMILES string of the molecule is COC(=O)[C@@H](C)[C@H](c1ccc2c(c1)O[C@@H](C1CCNCC1)CC2)C1CC1. The minimum absolute atomic E-state index is 0.102. The summed E-state index contributed by atoms with van der Waals surface area (Å²) in [7, 11) is 1.49. The number of esters is 1. The molecule has 1 aromatic carbocycles. The number of hydrogen-bond acceptors (Lipinski definition) is 4. The molecular weight excluding hydrogens is 326 g/mol. The van der Waals surface area contributed by atoms with Crippen LogP contribution in [0.15, 0.2) is 18.2 Å². The first-order valence-electron chi connectivity index (χ1n) is 10.3. The van der Waals surface area contributed by atoms with Crippen molar-refractivity contribution in [2.24, 2.45) is 17.8 Å². The molecule has 0 radical (unpaired) electrons. The number of rotatable bonds is 5. The first kappa shape index (κ1) is 17.8. The Morgan fingerprint density at radius 1 is 1.19 bits per heavy atom. The molecule has 0 bridgehead atoms. The molecule has 4 rings (SSSR count). The van der Waals surface area contributed by atoms with Crippen LogP contribution in [0.2, 0.25) is 0 Å². The topological polar surface area (TPSA) is 47.6 Å². The molecule has 1 saturated carbocycles. The summed E-state index contributed by atoms with van der Waals surface area (Å²) in [5.74, 6) is 2.37. The van der Waals surface area contributed by atoms with Gasteiger partial charge in [0.15, 0.2) is 0 Å². The van der Waals surface area contributed by atoms with Gasteiger partial charge in [0.25, 0.3) is 0 Å². The third-order valence-electron chi connectivity index (χ3n) is 6.60. The molecule has 1 aromatic rings. The van der Waals surface area contributed by atoms with Crippen LogP contribution in [-0.4, -0.2) is 32.3 Å². The predicted molar refractivity (Wildman–Crippen MR) is 101 cm³/mol. The zero-order chi connectivity index (χ0) is 18.1. The van der Waals surface area contributed by atoms with E-state index in [2.05, 4.69) is 23.5 Å². The van der Waals surface area contributed by atoms with Gasteiger partial charge < -0.3 is 14.8 Å². The number of fused-ring (bicyclic) bond motifs is 1. The molecular formula is C22H31NO3. The fourth-order valence-electron chi connectivity index (χ4n) is 4.92. The van der Waals surface area contributed by atoms with Crippen molar-refractivity contribution in [3.8, 4) is 5.75 Å². The number of benzene rings is 1. The number of ether oxygens (including phenoxy) is 2. The lowest BCUT2D eigenvalue weighted by Crippen LogP contribution is -2.38. The summed E-state index contributed by atoms with van der Waals surface area (Å²) in [5, 5.41) is 3.45. The van der Waals surface area contributed by atoms with Crippen molar-refractivity contribution < 1.29 is 14.3 Å². The molecule has 2 aliphatic heterocycles. The molecule has 4 heteroatoms. The number of hydrogen-bond donors (Lipinski definition) is 1. The fourth-order valence-corrected chi connectivity index (χ4v) is 4.92. The molecule has 0 amide bonds. The first-order chi connectivity index (χ1) is 12.7. The molecule has 0 unspecified atom stereocenters. The predicted octanol–water partition coefficient (Wildman–Crippen LogP) is 3.68. The van der Waals surface area contributed by atoms with Crippen LogP contribution in [0.4, 0.5) is 0 Å². The van der Waals surface area contributed by atoms with Gasteiger partial charge in [0.2, 0.25) is 0 Å². The Hall–Kier alpha value is -1.55. The highest BCUT2D eigenvalue weighted by atomic mass is 16.5. The second kappa shape index (κ2) is 7.59.